The van der Waals surface area contributed by atoms with Crippen LogP contribution in [-0.4, -0.2) is 29.1 Å². The molecule has 0 bridgehead atoms. The van der Waals surface area contributed by atoms with Crippen LogP contribution in [0.25, 0.3) is 5.70 Å². The highest BCUT2D eigenvalue weighted by Crippen LogP contribution is 2.33. The number of aryl methyl sites for hydroxylation is 1. The molecule has 0 spiro atoms. The van der Waals surface area contributed by atoms with Crippen LogP contribution in [0.1, 0.15) is 29.7 Å². The van der Waals surface area contributed by atoms with Crippen molar-refractivity contribution in [2.75, 3.05) is 15.4 Å². The number of hydrogen-bond donors (Lipinski definition) is 3. The molecule has 0 saturated carbocycles. The van der Waals surface area contributed by atoms with E-state index in [1.165, 1.54) is 31.2 Å². The lowest BCUT2D eigenvalue weighted by molar-refractivity contribution is -0.114. The Bertz CT molecular complexity index is 1540. The van der Waals surface area contributed by atoms with Crippen LogP contribution >= 0.6 is 0 Å². The van der Waals surface area contributed by atoms with Gasteiger partial charge in [-0.15, -0.1) is 5.10 Å². The number of fused-ring (bicyclic) bond motifs is 1. The minimum atomic E-state index is -3.96. The van der Waals surface area contributed by atoms with E-state index in [1.54, 1.807) is 4.68 Å². The molecular formula is C26H24N6O3S. The van der Waals surface area contributed by atoms with Crippen LogP contribution in [0, 0.1) is 6.92 Å². The SMILES string of the molecule is CC(=O)Nc1ccc(S(=O)(=O)Nc2nc3n(n2)C(c2ccc(C)cc2)C=C(c2ccccc2)N3)cc1. The zero-order valence-corrected chi connectivity index (χ0v) is 20.5. The summed E-state index contributed by atoms with van der Waals surface area (Å²) < 4.78 is 30.1. The Kier molecular flexibility index (Phi) is 6.03. The Hall–Kier alpha value is -4.44. The molecule has 1 atom stereocenters. The van der Waals surface area contributed by atoms with E-state index in [1.807, 2.05) is 67.6 Å². The fourth-order valence-corrected chi connectivity index (χ4v) is 4.86. The second kappa shape index (κ2) is 9.31. The number of nitrogens with zero attached hydrogens (tertiary/aromatic N) is 3. The number of rotatable bonds is 6. The van der Waals surface area contributed by atoms with Gasteiger partial charge in [-0.1, -0.05) is 60.2 Å². The van der Waals surface area contributed by atoms with Crippen molar-refractivity contribution in [1.29, 1.82) is 0 Å². The minimum absolute atomic E-state index is 0.0236. The zero-order valence-electron chi connectivity index (χ0n) is 19.6. The third kappa shape index (κ3) is 4.84. The van der Waals surface area contributed by atoms with Gasteiger partial charge in [0.2, 0.25) is 11.9 Å². The molecule has 1 amide bonds. The van der Waals surface area contributed by atoms with Gasteiger partial charge < -0.3 is 10.6 Å². The Labute approximate surface area is 208 Å². The molecule has 36 heavy (non-hydrogen) atoms. The van der Waals surface area contributed by atoms with Gasteiger partial charge in [0.15, 0.2) is 0 Å². The third-order valence-electron chi connectivity index (χ3n) is 5.68. The van der Waals surface area contributed by atoms with Crippen LogP contribution in [0.15, 0.2) is 89.8 Å². The molecule has 182 valence electrons. The van der Waals surface area contributed by atoms with E-state index in [0.29, 0.717) is 11.6 Å². The summed E-state index contributed by atoms with van der Waals surface area (Å²) in [5.41, 5.74) is 4.46. The molecule has 0 radical (unpaired) electrons. The predicted octanol–water partition coefficient (Wildman–Crippen LogP) is 4.40. The molecule has 2 heterocycles. The highest BCUT2D eigenvalue weighted by molar-refractivity contribution is 7.92. The van der Waals surface area contributed by atoms with Crippen LogP contribution < -0.4 is 15.4 Å². The summed E-state index contributed by atoms with van der Waals surface area (Å²) in [7, 11) is -3.96. The summed E-state index contributed by atoms with van der Waals surface area (Å²) in [6, 6.07) is 23.5. The molecule has 5 rings (SSSR count). The fourth-order valence-electron chi connectivity index (χ4n) is 3.92. The van der Waals surface area contributed by atoms with Crippen molar-refractivity contribution >= 4 is 39.2 Å². The molecule has 1 aliphatic rings. The Morgan fingerprint density at radius 3 is 2.33 bits per heavy atom. The Balaban J connectivity index is 1.47. The standard InChI is InChI=1S/C26H24N6O3S/c1-17-8-10-20(11-9-17)24-16-23(19-6-4-3-5-7-19)28-26-29-25(30-32(24)26)31-36(34,35)22-14-12-21(13-15-22)27-18(2)33/h3-16,24H,1-2H3,(H,27,33)(H2,28,29,30,31). The van der Waals surface area contributed by atoms with Crippen LogP contribution in [-0.2, 0) is 14.8 Å². The van der Waals surface area contributed by atoms with E-state index in [-0.39, 0.29) is 22.8 Å². The van der Waals surface area contributed by atoms with Crippen molar-refractivity contribution in [3.63, 3.8) is 0 Å². The molecule has 1 unspecified atom stereocenters. The lowest BCUT2D eigenvalue weighted by atomic mass is 10.0. The van der Waals surface area contributed by atoms with Crippen molar-refractivity contribution in [3.8, 4) is 0 Å². The van der Waals surface area contributed by atoms with Gasteiger partial charge >= 0.3 is 0 Å². The van der Waals surface area contributed by atoms with E-state index in [0.717, 1.165) is 22.4 Å². The molecule has 1 aromatic heterocycles. The van der Waals surface area contributed by atoms with Gasteiger partial charge in [0.05, 0.1) is 4.90 Å². The lowest BCUT2D eigenvalue weighted by Crippen LogP contribution is -2.20. The highest BCUT2D eigenvalue weighted by Gasteiger charge is 2.27. The largest absolute Gasteiger partial charge is 0.326 e. The first-order valence-corrected chi connectivity index (χ1v) is 12.7. The van der Waals surface area contributed by atoms with Crippen molar-refractivity contribution in [3.05, 3.63) is 102 Å². The number of benzene rings is 3. The molecular weight excluding hydrogens is 476 g/mol. The van der Waals surface area contributed by atoms with E-state index in [9.17, 15) is 13.2 Å². The van der Waals surface area contributed by atoms with Crippen molar-refractivity contribution in [2.24, 2.45) is 0 Å². The summed E-state index contributed by atoms with van der Waals surface area (Å²) in [5, 5.41) is 10.4. The maximum atomic E-state index is 13.0. The van der Waals surface area contributed by atoms with Gasteiger partial charge in [0.1, 0.15) is 6.04 Å². The van der Waals surface area contributed by atoms with E-state index in [4.69, 9.17) is 0 Å². The summed E-state index contributed by atoms with van der Waals surface area (Å²) >= 11 is 0. The van der Waals surface area contributed by atoms with E-state index >= 15 is 0 Å². The molecule has 3 N–H and O–H groups in total. The number of anilines is 3. The first kappa shape index (κ1) is 23.3. The van der Waals surface area contributed by atoms with Crippen LogP contribution in [0.2, 0.25) is 0 Å². The summed E-state index contributed by atoms with van der Waals surface area (Å²) in [4.78, 5) is 15.7. The number of allylic oxidation sites excluding steroid dienone is 1. The molecule has 0 aliphatic carbocycles. The number of nitrogens with one attached hydrogen (secondary N) is 3. The first-order valence-electron chi connectivity index (χ1n) is 11.3. The normalized spacial score (nSPS) is 14.8. The quantitative estimate of drug-likeness (QED) is 0.361. The summed E-state index contributed by atoms with van der Waals surface area (Å²) in [5.74, 6) is 0.125. The Morgan fingerprint density at radius 1 is 0.972 bits per heavy atom. The third-order valence-corrected chi connectivity index (χ3v) is 7.02. The number of hydrogen-bond acceptors (Lipinski definition) is 6. The van der Waals surface area contributed by atoms with Crippen LogP contribution in [0.5, 0.6) is 0 Å². The average molecular weight is 501 g/mol. The maximum Gasteiger partial charge on any atom is 0.264 e. The van der Waals surface area contributed by atoms with Crippen molar-refractivity contribution in [1.82, 2.24) is 14.8 Å². The van der Waals surface area contributed by atoms with Gasteiger partial charge in [-0.05, 0) is 48.4 Å². The molecule has 4 aromatic rings. The van der Waals surface area contributed by atoms with Crippen molar-refractivity contribution in [2.45, 2.75) is 24.8 Å². The van der Waals surface area contributed by atoms with Crippen LogP contribution in [0.4, 0.5) is 17.6 Å². The van der Waals surface area contributed by atoms with Crippen molar-refractivity contribution < 1.29 is 13.2 Å². The molecule has 3 aromatic carbocycles. The average Bonchev–Trinajstić information content (AvgIpc) is 3.26. The number of carbonyl (C=O) groups is 1. The monoisotopic (exact) mass is 500 g/mol. The number of sulfonamides is 1. The van der Waals surface area contributed by atoms with E-state index in [2.05, 4.69) is 25.4 Å². The topological polar surface area (TPSA) is 118 Å². The predicted molar refractivity (Wildman–Crippen MR) is 139 cm³/mol. The first-order chi connectivity index (χ1) is 17.3. The summed E-state index contributed by atoms with van der Waals surface area (Å²) in [6.07, 6.45) is 2.04. The molecule has 0 saturated heterocycles. The molecule has 1 aliphatic heterocycles. The fraction of sp³-hybridized carbons (Fsp3) is 0.115. The van der Waals surface area contributed by atoms with E-state index < -0.39 is 10.0 Å². The summed E-state index contributed by atoms with van der Waals surface area (Å²) in [6.45, 7) is 3.41. The number of amides is 1. The number of aromatic nitrogens is 3. The van der Waals surface area contributed by atoms with Gasteiger partial charge in [-0.25, -0.2) is 17.8 Å². The second-order valence-corrected chi connectivity index (χ2v) is 10.1. The second-order valence-electron chi connectivity index (χ2n) is 8.44. The van der Waals surface area contributed by atoms with Crippen LogP contribution in [0.3, 0.4) is 0 Å². The minimum Gasteiger partial charge on any atom is -0.326 e. The molecule has 10 heteroatoms. The molecule has 0 fully saturated rings. The molecule has 9 nitrogen and oxygen atoms in total. The highest BCUT2D eigenvalue weighted by atomic mass is 32.2. The zero-order chi connectivity index (χ0) is 25.3. The Morgan fingerprint density at radius 2 is 1.67 bits per heavy atom. The van der Waals surface area contributed by atoms with Gasteiger partial charge in [0.25, 0.3) is 16.0 Å². The van der Waals surface area contributed by atoms with Gasteiger partial charge in [0, 0.05) is 18.3 Å². The maximum absolute atomic E-state index is 13.0. The lowest BCUT2D eigenvalue weighted by Gasteiger charge is -2.24. The smallest absolute Gasteiger partial charge is 0.264 e. The number of carbonyl (C=O) groups excluding carboxylic acids is 1. The van der Waals surface area contributed by atoms with Gasteiger partial charge in [-0.3, -0.25) is 4.79 Å². The van der Waals surface area contributed by atoms with Gasteiger partial charge in [-0.2, -0.15) is 4.98 Å².